The summed E-state index contributed by atoms with van der Waals surface area (Å²) in [6, 6.07) is 3.14. The highest BCUT2D eigenvalue weighted by Gasteiger charge is 2.19. The van der Waals surface area contributed by atoms with E-state index in [9.17, 15) is 8.42 Å². The van der Waals surface area contributed by atoms with E-state index in [0.29, 0.717) is 12.4 Å². The van der Waals surface area contributed by atoms with Crippen molar-refractivity contribution < 1.29 is 8.42 Å². The van der Waals surface area contributed by atoms with E-state index in [-0.39, 0.29) is 11.4 Å². The lowest BCUT2D eigenvalue weighted by Gasteiger charge is -2.11. The first-order valence-corrected chi connectivity index (χ1v) is 8.56. The minimum atomic E-state index is -3.61. The molecule has 2 aromatic heterocycles. The van der Waals surface area contributed by atoms with Crippen LogP contribution >= 0.6 is 11.3 Å². The fourth-order valence-electron chi connectivity index (χ4n) is 1.56. The predicted molar refractivity (Wildman–Crippen MR) is 79.2 cm³/mol. The average molecular weight is 312 g/mol. The van der Waals surface area contributed by atoms with Crippen LogP contribution in [0.3, 0.4) is 0 Å². The maximum Gasteiger partial charge on any atom is 0.244 e. The van der Waals surface area contributed by atoms with Crippen molar-refractivity contribution in [3.05, 3.63) is 34.9 Å². The van der Waals surface area contributed by atoms with Crippen molar-refractivity contribution in [2.24, 2.45) is 0 Å². The zero-order valence-corrected chi connectivity index (χ0v) is 12.7. The van der Waals surface area contributed by atoms with Gasteiger partial charge in [0.05, 0.1) is 6.54 Å². The highest BCUT2D eigenvalue weighted by Crippen LogP contribution is 2.18. The number of hydrogen-bond donors (Lipinski definition) is 2. The first kappa shape index (κ1) is 14.9. The smallest absolute Gasteiger partial charge is 0.244 e. The van der Waals surface area contributed by atoms with Gasteiger partial charge in [-0.3, -0.25) is 0 Å². The lowest BCUT2D eigenvalue weighted by molar-refractivity contribution is 0.581. The lowest BCUT2D eigenvalue weighted by atomic mass is 10.4. The van der Waals surface area contributed by atoms with Crippen molar-refractivity contribution in [3.63, 3.8) is 0 Å². The van der Waals surface area contributed by atoms with Crippen LogP contribution in [0.25, 0.3) is 0 Å². The zero-order chi connectivity index (χ0) is 14.4. The quantitative estimate of drug-likeness (QED) is 0.815. The molecule has 0 bridgehead atoms. The molecule has 0 aliphatic rings. The minimum absolute atomic E-state index is 0.157. The molecule has 0 amide bonds. The molecule has 0 fully saturated rings. The van der Waals surface area contributed by atoms with Crippen molar-refractivity contribution in [2.45, 2.75) is 24.8 Å². The maximum atomic E-state index is 12.3. The SMILES string of the molecule is CCCNc1ncccc1S(=O)(=O)NCc1nccs1. The fraction of sp³-hybridized carbons (Fsp3) is 0.333. The van der Waals surface area contributed by atoms with Gasteiger partial charge >= 0.3 is 0 Å². The number of sulfonamides is 1. The summed E-state index contributed by atoms with van der Waals surface area (Å²) < 4.78 is 27.1. The lowest BCUT2D eigenvalue weighted by Crippen LogP contribution is -2.24. The second-order valence-corrected chi connectivity index (χ2v) is 6.74. The Balaban J connectivity index is 2.16. The Bertz CT molecular complexity index is 641. The normalized spacial score (nSPS) is 11.4. The Morgan fingerprint density at radius 3 is 2.85 bits per heavy atom. The third-order valence-electron chi connectivity index (χ3n) is 2.50. The van der Waals surface area contributed by atoms with Gasteiger partial charge in [0.2, 0.25) is 10.0 Å². The molecule has 0 aliphatic carbocycles. The van der Waals surface area contributed by atoms with E-state index >= 15 is 0 Å². The van der Waals surface area contributed by atoms with Gasteiger partial charge < -0.3 is 5.32 Å². The Labute approximate surface area is 122 Å². The van der Waals surface area contributed by atoms with Crippen LogP contribution in [-0.2, 0) is 16.6 Å². The Kier molecular flexibility index (Phi) is 5.05. The van der Waals surface area contributed by atoms with Crippen molar-refractivity contribution in [1.29, 1.82) is 0 Å². The summed E-state index contributed by atoms with van der Waals surface area (Å²) in [5, 5.41) is 5.55. The standard InChI is InChI=1S/C12H16N4O2S2/c1-2-5-14-12-10(4-3-6-15-12)20(17,18)16-9-11-13-7-8-19-11/h3-4,6-8,16H,2,5,9H2,1H3,(H,14,15). The van der Waals surface area contributed by atoms with Crippen LogP contribution in [0, 0.1) is 0 Å². The van der Waals surface area contributed by atoms with E-state index in [4.69, 9.17) is 0 Å². The number of thiazole rings is 1. The Hall–Kier alpha value is -1.51. The van der Waals surface area contributed by atoms with Gasteiger partial charge in [-0.05, 0) is 18.6 Å². The molecule has 8 heteroatoms. The van der Waals surface area contributed by atoms with Crippen LogP contribution in [0.5, 0.6) is 0 Å². The summed E-state index contributed by atoms with van der Waals surface area (Å²) >= 11 is 1.41. The molecule has 0 spiro atoms. The van der Waals surface area contributed by atoms with Crippen LogP contribution in [0.2, 0.25) is 0 Å². The third-order valence-corrected chi connectivity index (χ3v) is 4.71. The molecule has 0 radical (unpaired) electrons. The van der Waals surface area contributed by atoms with Gasteiger partial charge in [0.1, 0.15) is 15.7 Å². The summed E-state index contributed by atoms with van der Waals surface area (Å²) in [6.45, 7) is 2.86. The number of nitrogens with zero attached hydrogens (tertiary/aromatic N) is 2. The number of rotatable bonds is 7. The van der Waals surface area contributed by atoms with E-state index in [1.807, 2.05) is 12.3 Å². The fourth-order valence-corrected chi connectivity index (χ4v) is 3.33. The number of anilines is 1. The van der Waals surface area contributed by atoms with Gasteiger partial charge in [-0.1, -0.05) is 6.92 Å². The van der Waals surface area contributed by atoms with Crippen molar-refractivity contribution in [2.75, 3.05) is 11.9 Å². The first-order chi connectivity index (χ1) is 9.63. The van der Waals surface area contributed by atoms with Crippen LogP contribution in [-0.4, -0.2) is 24.9 Å². The first-order valence-electron chi connectivity index (χ1n) is 6.20. The molecule has 0 aromatic carbocycles. The molecule has 2 N–H and O–H groups in total. The molecule has 2 aromatic rings. The number of hydrogen-bond acceptors (Lipinski definition) is 6. The molecule has 2 heterocycles. The van der Waals surface area contributed by atoms with Gasteiger partial charge in [-0.2, -0.15) is 0 Å². The van der Waals surface area contributed by atoms with Crippen LogP contribution in [0.4, 0.5) is 5.82 Å². The molecule has 0 saturated carbocycles. The molecule has 0 atom stereocenters. The summed E-state index contributed by atoms with van der Waals surface area (Å²) in [7, 11) is -3.61. The average Bonchev–Trinajstić information content (AvgIpc) is 2.97. The Morgan fingerprint density at radius 2 is 2.15 bits per heavy atom. The summed E-state index contributed by atoms with van der Waals surface area (Å²) in [5.41, 5.74) is 0. The Morgan fingerprint density at radius 1 is 1.30 bits per heavy atom. The van der Waals surface area contributed by atoms with Crippen molar-refractivity contribution in [1.82, 2.24) is 14.7 Å². The molecular formula is C12H16N4O2S2. The van der Waals surface area contributed by atoms with Crippen molar-refractivity contribution in [3.8, 4) is 0 Å². The van der Waals surface area contributed by atoms with Gasteiger partial charge in [0.25, 0.3) is 0 Å². The summed E-state index contributed by atoms with van der Waals surface area (Å²) in [4.78, 5) is 8.29. The molecular weight excluding hydrogens is 296 g/mol. The van der Waals surface area contributed by atoms with Crippen LogP contribution in [0.15, 0.2) is 34.8 Å². The van der Waals surface area contributed by atoms with Crippen LogP contribution in [0.1, 0.15) is 18.4 Å². The molecule has 6 nitrogen and oxygen atoms in total. The van der Waals surface area contributed by atoms with Gasteiger partial charge in [0, 0.05) is 24.3 Å². The molecule has 20 heavy (non-hydrogen) atoms. The van der Waals surface area contributed by atoms with Crippen molar-refractivity contribution >= 4 is 27.2 Å². The summed E-state index contributed by atoms with van der Waals surface area (Å²) in [6.07, 6.45) is 4.10. The molecule has 0 aliphatic heterocycles. The topological polar surface area (TPSA) is 84.0 Å². The zero-order valence-electron chi connectivity index (χ0n) is 11.0. The largest absolute Gasteiger partial charge is 0.369 e. The molecule has 2 rings (SSSR count). The van der Waals surface area contributed by atoms with E-state index in [2.05, 4.69) is 20.0 Å². The third kappa shape index (κ3) is 3.75. The van der Waals surface area contributed by atoms with E-state index in [1.54, 1.807) is 18.5 Å². The number of aromatic nitrogens is 2. The highest BCUT2D eigenvalue weighted by atomic mass is 32.2. The second-order valence-electron chi connectivity index (χ2n) is 4.03. The monoisotopic (exact) mass is 312 g/mol. The van der Waals surface area contributed by atoms with Gasteiger partial charge in [-0.25, -0.2) is 23.1 Å². The molecule has 0 saturated heterocycles. The number of nitrogens with one attached hydrogen (secondary N) is 2. The van der Waals surface area contributed by atoms with Gasteiger partial charge in [0.15, 0.2) is 0 Å². The maximum absolute atomic E-state index is 12.3. The predicted octanol–water partition coefficient (Wildman–Crippen LogP) is 1.84. The molecule has 108 valence electrons. The molecule has 0 unspecified atom stereocenters. The second kappa shape index (κ2) is 6.78. The van der Waals surface area contributed by atoms with Crippen LogP contribution < -0.4 is 10.0 Å². The number of pyridine rings is 1. The summed E-state index contributed by atoms with van der Waals surface area (Å²) in [5.74, 6) is 0.376. The minimum Gasteiger partial charge on any atom is -0.369 e. The van der Waals surface area contributed by atoms with E-state index in [1.165, 1.54) is 17.4 Å². The van der Waals surface area contributed by atoms with Gasteiger partial charge in [-0.15, -0.1) is 11.3 Å². The highest BCUT2D eigenvalue weighted by molar-refractivity contribution is 7.89. The van der Waals surface area contributed by atoms with E-state index < -0.39 is 10.0 Å². The van der Waals surface area contributed by atoms with E-state index in [0.717, 1.165) is 11.4 Å².